The summed E-state index contributed by atoms with van der Waals surface area (Å²) in [4.78, 5) is 25.9. The van der Waals surface area contributed by atoms with Gasteiger partial charge in [-0.2, -0.15) is 0 Å². The number of piperidine rings is 1. The predicted molar refractivity (Wildman–Crippen MR) is 176 cm³/mol. The van der Waals surface area contributed by atoms with Gasteiger partial charge in [0.1, 0.15) is 0 Å². The average molecular weight is 573 g/mol. The lowest BCUT2D eigenvalue weighted by molar-refractivity contribution is -0.140. The minimum absolute atomic E-state index is 0.0442. The summed E-state index contributed by atoms with van der Waals surface area (Å²) in [5, 5.41) is 3.16. The van der Waals surface area contributed by atoms with Crippen LogP contribution in [0.3, 0.4) is 0 Å². The van der Waals surface area contributed by atoms with Crippen molar-refractivity contribution in [3.8, 4) is 0 Å². The number of rotatable bonds is 20. The van der Waals surface area contributed by atoms with E-state index >= 15 is 0 Å². The monoisotopic (exact) mass is 572 g/mol. The fraction of sp³-hybridized carbons (Fsp3) is 0.778. The first kappa shape index (κ1) is 37.1. The molecule has 1 aliphatic rings. The molecule has 1 aliphatic heterocycles. The van der Waals surface area contributed by atoms with Gasteiger partial charge in [-0.3, -0.25) is 14.5 Å². The lowest BCUT2D eigenvalue weighted by atomic mass is 10.0. The summed E-state index contributed by atoms with van der Waals surface area (Å²) in [7, 11) is 1.47. The fourth-order valence-corrected chi connectivity index (χ4v) is 5.80. The van der Waals surface area contributed by atoms with Crippen LogP contribution in [0.4, 0.5) is 5.69 Å². The van der Waals surface area contributed by atoms with Crippen LogP contribution in [-0.2, 0) is 14.3 Å². The van der Waals surface area contributed by atoms with Gasteiger partial charge in [0.05, 0.1) is 13.2 Å². The van der Waals surface area contributed by atoms with Crippen LogP contribution in [0, 0.1) is 13.8 Å². The van der Waals surface area contributed by atoms with Crippen LogP contribution in [0.25, 0.3) is 0 Å². The van der Waals surface area contributed by atoms with Crippen LogP contribution in [0.5, 0.6) is 0 Å². The van der Waals surface area contributed by atoms with Gasteiger partial charge in [0.2, 0.25) is 5.91 Å². The zero-order valence-corrected chi connectivity index (χ0v) is 27.5. The van der Waals surface area contributed by atoms with Gasteiger partial charge in [0.15, 0.2) is 0 Å². The van der Waals surface area contributed by atoms with Gasteiger partial charge in [-0.25, -0.2) is 0 Å². The Morgan fingerprint density at radius 3 is 1.78 bits per heavy atom. The number of likely N-dealkylation sites (tertiary alicyclic amines) is 1. The second kappa shape index (κ2) is 24.7. The van der Waals surface area contributed by atoms with E-state index in [4.69, 9.17) is 0 Å². The van der Waals surface area contributed by atoms with Crippen molar-refractivity contribution in [3.63, 3.8) is 0 Å². The van der Waals surface area contributed by atoms with Crippen molar-refractivity contribution >= 4 is 17.6 Å². The van der Waals surface area contributed by atoms with Crippen LogP contribution in [0.15, 0.2) is 18.2 Å². The molecule has 0 saturated carbocycles. The predicted octanol–water partition coefficient (Wildman–Crippen LogP) is 9.93. The van der Waals surface area contributed by atoms with Crippen molar-refractivity contribution in [2.24, 2.45) is 0 Å². The van der Waals surface area contributed by atoms with E-state index in [1.54, 1.807) is 0 Å². The van der Waals surface area contributed by atoms with Crippen LogP contribution < -0.4 is 5.32 Å². The molecule has 1 atom stereocenters. The number of anilines is 1. The van der Waals surface area contributed by atoms with Gasteiger partial charge in [0, 0.05) is 12.1 Å². The minimum Gasteiger partial charge on any atom is -0.469 e. The highest BCUT2D eigenvalue weighted by Crippen LogP contribution is 2.23. The number of aryl methyl sites for hydroxylation is 2. The molecule has 1 heterocycles. The quantitative estimate of drug-likeness (QED) is 0.125. The maximum Gasteiger partial charge on any atom is 0.305 e. The highest BCUT2D eigenvalue weighted by molar-refractivity contribution is 5.96. The highest BCUT2D eigenvalue weighted by Gasteiger charge is 2.28. The number of hydrogen-bond acceptors (Lipinski definition) is 4. The number of benzene rings is 1. The molecule has 5 heteroatoms. The molecule has 1 unspecified atom stereocenters. The highest BCUT2D eigenvalue weighted by atomic mass is 16.5. The third-order valence-corrected chi connectivity index (χ3v) is 8.37. The maximum atomic E-state index is 12.6. The Labute approximate surface area is 253 Å². The first-order valence-electron chi connectivity index (χ1n) is 17.1. The second-order valence-corrected chi connectivity index (χ2v) is 12.1. The van der Waals surface area contributed by atoms with Gasteiger partial charge in [-0.1, -0.05) is 128 Å². The SMILES string of the molecule is CCCCCCCCCCCCCCCCCC(=O)OC.CCCN1CCCCC1C(=O)Nc1c(C)cccc1C. The van der Waals surface area contributed by atoms with E-state index in [1.807, 2.05) is 32.0 Å². The summed E-state index contributed by atoms with van der Waals surface area (Å²) in [6.45, 7) is 10.6. The van der Waals surface area contributed by atoms with Crippen molar-refractivity contribution in [3.05, 3.63) is 29.3 Å². The summed E-state index contributed by atoms with van der Waals surface area (Å²) in [5.74, 6) is 0.0974. The first-order valence-corrected chi connectivity index (χ1v) is 17.1. The number of nitrogens with zero attached hydrogens (tertiary/aromatic N) is 1. The first-order chi connectivity index (χ1) is 19.9. The van der Waals surface area contributed by atoms with E-state index in [-0.39, 0.29) is 17.9 Å². The topological polar surface area (TPSA) is 58.6 Å². The Kier molecular flexibility index (Phi) is 22.4. The maximum absolute atomic E-state index is 12.6. The minimum atomic E-state index is -0.0651. The van der Waals surface area contributed by atoms with Crippen molar-refractivity contribution < 1.29 is 14.3 Å². The number of carbonyl (C=O) groups excluding carboxylic acids is 2. The van der Waals surface area contributed by atoms with Crippen LogP contribution in [-0.4, -0.2) is 43.0 Å². The number of unbranched alkanes of at least 4 members (excludes halogenated alkanes) is 14. The number of esters is 1. The van der Waals surface area contributed by atoms with Gasteiger partial charge in [-0.05, 0) is 63.7 Å². The zero-order chi connectivity index (χ0) is 30.1. The number of methoxy groups -OCH3 is 1. The van der Waals surface area contributed by atoms with E-state index in [1.165, 1.54) is 103 Å². The number of carbonyl (C=O) groups is 2. The number of amides is 1. The number of ether oxygens (including phenoxy) is 1. The Bertz CT molecular complexity index is 788. The standard InChI is InChI=1S/C19H38O2.C17H26N2O/c1-3-4-5-6-7-8-9-10-11-12-13-14-15-16-17-18-19(20)21-2;1-4-11-19-12-6-5-10-15(19)17(20)18-16-13(2)8-7-9-14(16)3/h3-18H2,1-2H3;7-9,15H,4-6,10-12H2,1-3H3,(H,18,20). The summed E-state index contributed by atoms with van der Waals surface area (Å²) in [5.41, 5.74) is 3.26. The normalized spacial score (nSPS) is 15.2. The molecule has 0 aromatic heterocycles. The molecule has 236 valence electrons. The Morgan fingerprint density at radius 1 is 0.780 bits per heavy atom. The largest absolute Gasteiger partial charge is 0.469 e. The van der Waals surface area contributed by atoms with Crippen LogP contribution in [0.1, 0.15) is 153 Å². The van der Waals surface area contributed by atoms with Gasteiger partial charge < -0.3 is 10.1 Å². The Balaban J connectivity index is 0.000000410. The van der Waals surface area contributed by atoms with E-state index in [2.05, 4.69) is 28.8 Å². The second-order valence-electron chi connectivity index (χ2n) is 12.1. The van der Waals surface area contributed by atoms with Crippen LogP contribution in [0.2, 0.25) is 0 Å². The Morgan fingerprint density at radius 2 is 1.29 bits per heavy atom. The molecule has 0 bridgehead atoms. The van der Waals surface area contributed by atoms with E-state index < -0.39 is 0 Å². The molecular weight excluding hydrogens is 508 g/mol. The summed E-state index contributed by atoms with van der Waals surface area (Å²) in [6, 6.07) is 6.17. The van der Waals surface area contributed by atoms with Gasteiger partial charge in [0.25, 0.3) is 0 Å². The molecular formula is C36H64N2O3. The van der Waals surface area contributed by atoms with Gasteiger partial charge >= 0.3 is 5.97 Å². The fourth-order valence-electron chi connectivity index (χ4n) is 5.80. The molecule has 2 rings (SSSR count). The number of nitrogens with one attached hydrogen (secondary N) is 1. The van der Waals surface area contributed by atoms with Crippen molar-refractivity contribution in [2.75, 3.05) is 25.5 Å². The third-order valence-electron chi connectivity index (χ3n) is 8.37. The summed E-state index contributed by atoms with van der Waals surface area (Å²) in [6.07, 6.45) is 25.4. The molecule has 0 spiro atoms. The number of hydrogen-bond donors (Lipinski definition) is 1. The van der Waals surface area contributed by atoms with Crippen molar-refractivity contribution in [1.82, 2.24) is 4.90 Å². The molecule has 41 heavy (non-hydrogen) atoms. The van der Waals surface area contributed by atoms with E-state index in [0.29, 0.717) is 6.42 Å². The zero-order valence-electron chi connectivity index (χ0n) is 27.5. The van der Waals surface area contributed by atoms with Crippen molar-refractivity contribution in [2.45, 2.75) is 162 Å². The molecule has 0 radical (unpaired) electrons. The molecule has 5 nitrogen and oxygen atoms in total. The molecule has 1 aromatic carbocycles. The molecule has 1 aromatic rings. The van der Waals surface area contributed by atoms with E-state index in [9.17, 15) is 9.59 Å². The molecule has 1 fully saturated rings. The van der Waals surface area contributed by atoms with Crippen molar-refractivity contribution in [1.29, 1.82) is 0 Å². The average Bonchev–Trinajstić information content (AvgIpc) is 2.97. The molecule has 1 saturated heterocycles. The molecule has 1 N–H and O–H groups in total. The Hall–Kier alpha value is -1.88. The lowest BCUT2D eigenvalue weighted by Gasteiger charge is -2.34. The van der Waals surface area contributed by atoms with Crippen LogP contribution >= 0.6 is 0 Å². The number of para-hydroxylation sites is 1. The van der Waals surface area contributed by atoms with E-state index in [0.717, 1.165) is 55.6 Å². The molecule has 0 aliphatic carbocycles. The lowest BCUT2D eigenvalue weighted by Crippen LogP contribution is -2.47. The summed E-state index contributed by atoms with van der Waals surface area (Å²) >= 11 is 0. The molecule has 1 amide bonds. The third kappa shape index (κ3) is 17.6. The summed E-state index contributed by atoms with van der Waals surface area (Å²) < 4.78 is 4.63. The smallest absolute Gasteiger partial charge is 0.305 e. The van der Waals surface area contributed by atoms with Gasteiger partial charge in [-0.15, -0.1) is 0 Å².